The predicted molar refractivity (Wildman–Crippen MR) is 108 cm³/mol. The lowest BCUT2D eigenvalue weighted by Crippen LogP contribution is -2.44. The zero-order chi connectivity index (χ0) is 20.1. The van der Waals surface area contributed by atoms with Gasteiger partial charge in [0.25, 0.3) is 5.22 Å². The molecule has 1 aromatic heterocycles. The maximum atomic E-state index is 12.5. The van der Waals surface area contributed by atoms with Crippen molar-refractivity contribution in [2.45, 2.75) is 56.0 Å². The van der Waals surface area contributed by atoms with Gasteiger partial charge in [-0.2, -0.15) is 0 Å². The summed E-state index contributed by atoms with van der Waals surface area (Å²) >= 11 is 1.27. The zero-order valence-corrected chi connectivity index (χ0v) is 17.5. The quantitative estimate of drug-likeness (QED) is 0.699. The summed E-state index contributed by atoms with van der Waals surface area (Å²) in [6, 6.07) is 5.65. The number of nitrogens with one attached hydrogen (secondary N) is 1. The summed E-state index contributed by atoms with van der Waals surface area (Å²) in [5.74, 6) is 2.12. The molecule has 0 radical (unpaired) electrons. The summed E-state index contributed by atoms with van der Waals surface area (Å²) in [7, 11) is 3.16. The molecule has 7 nitrogen and oxygen atoms in total. The second-order valence-corrected chi connectivity index (χ2v) is 8.37. The van der Waals surface area contributed by atoms with Crippen molar-refractivity contribution in [2.75, 3.05) is 14.2 Å². The van der Waals surface area contributed by atoms with E-state index in [1.54, 1.807) is 26.4 Å². The first-order valence-corrected chi connectivity index (χ1v) is 10.4. The first-order valence-electron chi connectivity index (χ1n) is 9.54. The molecule has 1 amide bonds. The van der Waals surface area contributed by atoms with Crippen molar-refractivity contribution in [1.82, 2.24) is 15.5 Å². The number of hydrogen-bond donors (Lipinski definition) is 1. The smallest absolute Gasteiger partial charge is 0.277 e. The second kappa shape index (κ2) is 9.32. The number of ether oxygens (including phenoxy) is 2. The van der Waals surface area contributed by atoms with Crippen LogP contribution in [0.1, 0.15) is 39.5 Å². The van der Waals surface area contributed by atoms with E-state index in [4.69, 9.17) is 13.9 Å². The highest BCUT2D eigenvalue weighted by atomic mass is 32.2. The third kappa shape index (κ3) is 4.79. The van der Waals surface area contributed by atoms with Crippen LogP contribution in [0.5, 0.6) is 11.5 Å². The lowest BCUT2D eigenvalue weighted by atomic mass is 9.86. The molecule has 1 N–H and O–H groups in total. The average molecular weight is 406 g/mol. The molecule has 3 atom stereocenters. The topological polar surface area (TPSA) is 86.5 Å². The predicted octanol–water partition coefficient (Wildman–Crippen LogP) is 3.93. The minimum atomic E-state index is -0.312. The van der Waals surface area contributed by atoms with Crippen LogP contribution in [0.3, 0.4) is 0 Å². The second-order valence-electron chi connectivity index (χ2n) is 7.08. The number of rotatable bonds is 7. The van der Waals surface area contributed by atoms with Gasteiger partial charge in [0.1, 0.15) is 0 Å². The first kappa shape index (κ1) is 20.5. The fourth-order valence-electron chi connectivity index (χ4n) is 3.38. The van der Waals surface area contributed by atoms with Crippen LogP contribution < -0.4 is 14.8 Å². The normalized spacial score (nSPS) is 20.4. The third-order valence-electron chi connectivity index (χ3n) is 5.12. The van der Waals surface area contributed by atoms with Crippen LogP contribution in [0.25, 0.3) is 11.5 Å². The monoisotopic (exact) mass is 405 g/mol. The molecule has 0 unspecified atom stereocenters. The fraction of sp³-hybridized carbons (Fsp3) is 0.550. The van der Waals surface area contributed by atoms with Crippen molar-refractivity contribution >= 4 is 17.7 Å². The van der Waals surface area contributed by atoms with Crippen molar-refractivity contribution in [2.24, 2.45) is 5.92 Å². The number of thioether (sulfide) groups is 1. The van der Waals surface area contributed by atoms with Crippen molar-refractivity contribution in [3.8, 4) is 23.0 Å². The summed E-state index contributed by atoms with van der Waals surface area (Å²) in [6.45, 7) is 4.06. The van der Waals surface area contributed by atoms with Gasteiger partial charge < -0.3 is 19.2 Å². The van der Waals surface area contributed by atoms with Crippen LogP contribution in [-0.2, 0) is 4.79 Å². The number of amides is 1. The van der Waals surface area contributed by atoms with Crippen LogP contribution in [0.2, 0.25) is 0 Å². The molecule has 1 saturated carbocycles. The van der Waals surface area contributed by atoms with Gasteiger partial charge in [-0.05, 0) is 43.9 Å². The van der Waals surface area contributed by atoms with Gasteiger partial charge in [-0.3, -0.25) is 4.79 Å². The van der Waals surface area contributed by atoms with Crippen molar-refractivity contribution in [3.05, 3.63) is 18.2 Å². The Kier molecular flexibility index (Phi) is 6.83. The van der Waals surface area contributed by atoms with E-state index in [0.717, 1.165) is 12.0 Å². The molecular weight excluding hydrogens is 378 g/mol. The molecule has 0 bridgehead atoms. The minimum Gasteiger partial charge on any atom is -0.493 e. The van der Waals surface area contributed by atoms with Gasteiger partial charge in [-0.25, -0.2) is 0 Å². The van der Waals surface area contributed by atoms with Gasteiger partial charge in [0, 0.05) is 11.6 Å². The van der Waals surface area contributed by atoms with E-state index in [9.17, 15) is 4.79 Å². The molecule has 1 aliphatic carbocycles. The number of aromatic nitrogens is 2. The Bertz CT molecular complexity index is 810. The summed E-state index contributed by atoms with van der Waals surface area (Å²) in [6.07, 6.45) is 4.65. The lowest BCUT2D eigenvalue weighted by molar-refractivity contribution is -0.121. The maximum Gasteiger partial charge on any atom is 0.277 e. The highest BCUT2D eigenvalue weighted by Gasteiger charge is 2.26. The number of methoxy groups -OCH3 is 2. The molecule has 0 spiro atoms. The molecule has 0 saturated heterocycles. The van der Waals surface area contributed by atoms with Crippen LogP contribution in [-0.4, -0.2) is 41.6 Å². The summed E-state index contributed by atoms with van der Waals surface area (Å²) in [5, 5.41) is 11.4. The summed E-state index contributed by atoms with van der Waals surface area (Å²) in [4.78, 5) is 12.5. The SMILES string of the molecule is COc1ccc(-c2nnc(S[C@H](C)C(=O)N[C@H]3CCCC[C@H]3C)o2)cc1OC. The molecule has 2 aromatic rings. The van der Waals surface area contributed by atoms with E-state index in [0.29, 0.717) is 28.5 Å². The largest absolute Gasteiger partial charge is 0.493 e. The zero-order valence-electron chi connectivity index (χ0n) is 16.7. The molecule has 8 heteroatoms. The van der Waals surface area contributed by atoms with Crippen molar-refractivity contribution in [1.29, 1.82) is 0 Å². The highest BCUT2D eigenvalue weighted by molar-refractivity contribution is 8.00. The van der Waals surface area contributed by atoms with Crippen molar-refractivity contribution < 1.29 is 18.7 Å². The van der Waals surface area contributed by atoms with Gasteiger partial charge in [0.2, 0.25) is 11.8 Å². The van der Waals surface area contributed by atoms with Crippen LogP contribution in [0.15, 0.2) is 27.8 Å². The number of benzene rings is 1. The molecule has 0 aliphatic heterocycles. The number of nitrogens with zero attached hydrogens (tertiary/aromatic N) is 2. The van der Waals surface area contributed by atoms with E-state index in [1.807, 2.05) is 13.0 Å². The van der Waals surface area contributed by atoms with Crippen molar-refractivity contribution in [3.63, 3.8) is 0 Å². The Balaban J connectivity index is 1.63. The maximum absolute atomic E-state index is 12.5. The molecular formula is C20H27N3O4S. The van der Waals surface area contributed by atoms with Gasteiger partial charge in [0.15, 0.2) is 11.5 Å². The molecule has 3 rings (SSSR count). The number of carbonyl (C=O) groups excluding carboxylic acids is 1. The van der Waals surface area contributed by atoms with Crippen LogP contribution >= 0.6 is 11.8 Å². The Morgan fingerprint density at radius 2 is 1.96 bits per heavy atom. The van der Waals surface area contributed by atoms with Crippen LogP contribution in [0.4, 0.5) is 0 Å². The number of hydrogen-bond acceptors (Lipinski definition) is 7. The molecule has 152 valence electrons. The molecule has 1 fully saturated rings. The van der Waals surface area contributed by atoms with Gasteiger partial charge in [0.05, 0.1) is 19.5 Å². The number of carbonyl (C=O) groups is 1. The van der Waals surface area contributed by atoms with Gasteiger partial charge >= 0.3 is 0 Å². The average Bonchev–Trinajstić information content (AvgIpc) is 3.17. The Morgan fingerprint density at radius 1 is 1.21 bits per heavy atom. The van der Waals surface area contributed by atoms with Gasteiger partial charge in [-0.15, -0.1) is 10.2 Å². The first-order chi connectivity index (χ1) is 13.5. The highest BCUT2D eigenvalue weighted by Crippen LogP contribution is 2.33. The summed E-state index contributed by atoms with van der Waals surface area (Å²) < 4.78 is 16.3. The van der Waals surface area contributed by atoms with E-state index in [1.165, 1.54) is 31.0 Å². The van der Waals surface area contributed by atoms with E-state index in [-0.39, 0.29) is 17.2 Å². The van der Waals surface area contributed by atoms with E-state index < -0.39 is 0 Å². The van der Waals surface area contributed by atoms with E-state index in [2.05, 4.69) is 22.4 Å². The molecule has 1 aromatic carbocycles. The standard InChI is InChI=1S/C20H27N3O4S/c1-12-7-5-6-8-15(12)21-18(24)13(2)28-20-23-22-19(27-20)14-9-10-16(25-3)17(11-14)26-4/h9-13,15H,5-8H2,1-4H3,(H,21,24)/t12-,13-,15+/m1/s1. The fourth-order valence-corrected chi connectivity index (χ4v) is 4.07. The van der Waals surface area contributed by atoms with Crippen LogP contribution in [0, 0.1) is 5.92 Å². The molecule has 28 heavy (non-hydrogen) atoms. The van der Waals surface area contributed by atoms with E-state index >= 15 is 0 Å². The molecule has 1 heterocycles. The minimum absolute atomic E-state index is 0.00890. The Hall–Kier alpha value is -2.22. The lowest BCUT2D eigenvalue weighted by Gasteiger charge is -2.30. The third-order valence-corrected chi connectivity index (χ3v) is 6.06. The molecule has 1 aliphatic rings. The summed E-state index contributed by atoms with van der Waals surface area (Å²) in [5.41, 5.74) is 0.727. The van der Waals surface area contributed by atoms with Gasteiger partial charge in [-0.1, -0.05) is 31.5 Å². The Morgan fingerprint density at radius 3 is 2.68 bits per heavy atom. The Labute approximate surface area is 169 Å².